The van der Waals surface area contributed by atoms with Gasteiger partial charge < -0.3 is 5.48 Å². The van der Waals surface area contributed by atoms with Gasteiger partial charge in [0.15, 0.2) is 0 Å². The number of hydrogen-bond acceptors (Lipinski definition) is 0. The summed E-state index contributed by atoms with van der Waals surface area (Å²) < 4.78 is 0. The van der Waals surface area contributed by atoms with E-state index in [0.717, 1.165) is 0 Å². The largest absolute Gasteiger partial charge is 0.0622 e. The van der Waals surface area contributed by atoms with Gasteiger partial charge in [0.25, 0.3) is 0 Å². The van der Waals surface area contributed by atoms with Gasteiger partial charge in [0.1, 0.15) is 0 Å². The van der Waals surface area contributed by atoms with Crippen molar-refractivity contribution in [1.29, 1.82) is 0 Å². The molecular weight excluding hydrogens is 279 g/mol. The molecule has 72 valence electrons. The topological polar surface area (TPSA) is 31.5 Å². The Morgan fingerprint density at radius 3 is 1.07 bits per heavy atom. The van der Waals surface area contributed by atoms with Crippen LogP contribution in [0.5, 0.6) is 0 Å². The summed E-state index contributed by atoms with van der Waals surface area (Å²) in [6.45, 7) is 0. The molecule has 0 saturated heterocycles. The monoisotopic (exact) mass is 294 g/mol. The Kier molecular flexibility index (Phi) is 6.24. The van der Waals surface area contributed by atoms with Gasteiger partial charge in [-0.1, -0.05) is 60.7 Å². The molecule has 0 aliphatic carbocycles. The summed E-state index contributed by atoms with van der Waals surface area (Å²) >= 11 is 0. The molecule has 2 aromatic carbocycles. The fraction of sp³-hybridized carbons (Fsp3) is 0. The summed E-state index contributed by atoms with van der Waals surface area (Å²) in [7, 11) is 0. The molecule has 0 bridgehead atoms. The molecule has 0 amide bonds. The average molecular weight is 293 g/mol. The third kappa shape index (κ3) is 3.16. The third-order valence-corrected chi connectivity index (χ3v) is 1.88. The first-order valence-electron chi connectivity index (χ1n) is 4.07. The van der Waals surface area contributed by atoms with E-state index in [0.29, 0.717) is 0 Å². The van der Waals surface area contributed by atoms with Gasteiger partial charge in [-0.05, 0) is 11.1 Å². The normalized spacial score (nSPS) is 8.29. The van der Waals surface area contributed by atoms with E-state index in [1.807, 2.05) is 12.1 Å². The summed E-state index contributed by atoms with van der Waals surface area (Å²) in [4.78, 5) is 0. The van der Waals surface area contributed by atoms with Crippen LogP contribution >= 0.6 is 0 Å². The van der Waals surface area contributed by atoms with Gasteiger partial charge in [-0.15, -0.1) is 0 Å². The van der Waals surface area contributed by atoms with E-state index in [1.54, 1.807) is 0 Å². The maximum Gasteiger partial charge on any atom is -0.0184 e. The molecule has 1 nitrogen and oxygen atoms in total. The molecule has 0 fully saturated rings. The van der Waals surface area contributed by atoms with Crippen LogP contribution in [-0.2, 0) is 0 Å². The van der Waals surface area contributed by atoms with Crippen LogP contribution in [0.15, 0.2) is 60.7 Å². The van der Waals surface area contributed by atoms with Crippen molar-refractivity contribution in [2.75, 3.05) is 0 Å². The molecule has 0 heterocycles. The van der Waals surface area contributed by atoms with Crippen molar-refractivity contribution >= 4 is 23.9 Å². The summed E-state index contributed by atoms with van der Waals surface area (Å²) in [5.74, 6) is 0. The Bertz CT molecular complexity index is 308. The van der Waals surface area contributed by atoms with Crippen LogP contribution in [0.3, 0.4) is 0 Å². The Hall–Kier alpha value is -0.801. The fourth-order valence-electron chi connectivity index (χ4n) is 1.26. The van der Waals surface area contributed by atoms with E-state index in [4.69, 9.17) is 0 Å². The van der Waals surface area contributed by atoms with Gasteiger partial charge in [-0.3, -0.25) is 0 Å². The summed E-state index contributed by atoms with van der Waals surface area (Å²) in [6.07, 6.45) is 0. The summed E-state index contributed by atoms with van der Waals surface area (Å²) in [6, 6.07) is 20.8. The van der Waals surface area contributed by atoms with Gasteiger partial charge in [-0.25, -0.2) is 0 Å². The molecule has 0 saturated carbocycles. The van der Waals surface area contributed by atoms with Gasteiger partial charge in [0.2, 0.25) is 0 Å². The van der Waals surface area contributed by atoms with Gasteiger partial charge in [0.05, 0.1) is 0 Å². The second-order valence-electron chi connectivity index (χ2n) is 2.73. The van der Waals surface area contributed by atoms with E-state index in [1.165, 1.54) is 11.1 Å². The number of benzene rings is 2. The van der Waals surface area contributed by atoms with Crippen LogP contribution in [0, 0.1) is 0 Å². The molecule has 0 unspecified atom stereocenters. The Morgan fingerprint density at radius 1 is 0.500 bits per heavy atom. The first-order valence-corrected chi connectivity index (χ1v) is 4.07. The van der Waals surface area contributed by atoms with Crippen molar-refractivity contribution < 1.29 is 5.48 Å². The van der Waals surface area contributed by atoms with E-state index < -0.39 is 0 Å². The summed E-state index contributed by atoms with van der Waals surface area (Å²) in [5, 5.41) is 0. The minimum absolute atomic E-state index is 0. The Balaban J connectivity index is 0.000000845. The number of hydrogen-bond donors (Lipinski definition) is 0. The molecule has 0 spiro atoms. The van der Waals surface area contributed by atoms with Gasteiger partial charge >= 0.3 is 23.9 Å². The Morgan fingerprint density at radius 2 is 0.786 bits per heavy atom. The van der Waals surface area contributed by atoms with Crippen molar-refractivity contribution in [3.8, 4) is 11.1 Å². The van der Waals surface area contributed by atoms with E-state index in [-0.39, 0.29) is 29.4 Å². The SMILES string of the molecule is O.[SnH2].c1ccc(-c2ccccc2)cc1. The van der Waals surface area contributed by atoms with Crippen LogP contribution in [-0.4, -0.2) is 29.4 Å². The van der Waals surface area contributed by atoms with Crippen LogP contribution in [0.4, 0.5) is 0 Å². The molecular formula is C12H14OSn. The number of rotatable bonds is 1. The minimum Gasteiger partial charge on any atom is -0.0622 e. The standard InChI is InChI=1S/C12H10.H2O.Sn.2H/c1-3-7-11(8-4-1)12-9-5-2-6-10-12;;;;/h1-10H;1H2;;;. The van der Waals surface area contributed by atoms with E-state index in [2.05, 4.69) is 48.5 Å². The molecule has 0 atom stereocenters. The van der Waals surface area contributed by atoms with Crippen LogP contribution in [0.25, 0.3) is 11.1 Å². The van der Waals surface area contributed by atoms with E-state index >= 15 is 0 Å². The van der Waals surface area contributed by atoms with Crippen molar-refractivity contribution in [3.63, 3.8) is 0 Å². The van der Waals surface area contributed by atoms with Crippen molar-refractivity contribution in [3.05, 3.63) is 60.7 Å². The third-order valence-electron chi connectivity index (χ3n) is 1.88. The second-order valence-corrected chi connectivity index (χ2v) is 2.73. The van der Waals surface area contributed by atoms with Crippen LogP contribution in [0.1, 0.15) is 0 Å². The van der Waals surface area contributed by atoms with E-state index in [9.17, 15) is 0 Å². The first kappa shape index (κ1) is 13.2. The van der Waals surface area contributed by atoms with Crippen molar-refractivity contribution in [1.82, 2.24) is 0 Å². The minimum atomic E-state index is 0. The zero-order chi connectivity index (χ0) is 8.23. The molecule has 2 rings (SSSR count). The fourth-order valence-corrected chi connectivity index (χ4v) is 1.26. The molecule has 14 heavy (non-hydrogen) atoms. The van der Waals surface area contributed by atoms with Crippen LogP contribution < -0.4 is 0 Å². The zero-order valence-electron chi connectivity index (χ0n) is 7.98. The zero-order valence-corrected chi connectivity index (χ0v) is 12.0. The average Bonchev–Trinajstić information content (AvgIpc) is 2.21. The maximum atomic E-state index is 2.12. The van der Waals surface area contributed by atoms with Gasteiger partial charge in [0, 0.05) is 0 Å². The quantitative estimate of drug-likeness (QED) is 0.716. The molecule has 2 heteroatoms. The Labute approximate surface area is 101 Å². The molecule has 2 radical (unpaired) electrons. The van der Waals surface area contributed by atoms with Crippen molar-refractivity contribution in [2.45, 2.75) is 0 Å². The molecule has 2 aromatic rings. The van der Waals surface area contributed by atoms with Crippen molar-refractivity contribution in [2.24, 2.45) is 0 Å². The van der Waals surface area contributed by atoms with Crippen LogP contribution in [0.2, 0.25) is 0 Å². The maximum absolute atomic E-state index is 2.12. The predicted molar refractivity (Wildman–Crippen MR) is 64.0 cm³/mol. The molecule has 2 N–H and O–H groups in total. The second kappa shape index (κ2) is 6.62. The van der Waals surface area contributed by atoms with Gasteiger partial charge in [-0.2, -0.15) is 0 Å². The molecule has 0 aliphatic rings. The first-order chi connectivity index (χ1) is 5.97. The predicted octanol–water partition coefficient (Wildman–Crippen LogP) is 1.61. The molecule has 0 aliphatic heterocycles. The smallest absolute Gasteiger partial charge is 0.0184 e. The molecule has 0 aromatic heterocycles. The summed E-state index contributed by atoms with van der Waals surface area (Å²) in [5.41, 5.74) is 2.55.